The van der Waals surface area contributed by atoms with Crippen molar-refractivity contribution in [3.8, 4) is 0 Å². The number of nitrogens with one attached hydrogen (secondary N) is 1. The molecule has 1 N–H and O–H groups in total. The molecule has 0 bridgehead atoms. The molecule has 1 unspecified atom stereocenters. The highest BCUT2D eigenvalue weighted by Crippen LogP contribution is 2.39. The van der Waals surface area contributed by atoms with E-state index < -0.39 is 0 Å². The Morgan fingerprint density at radius 3 is 2.86 bits per heavy atom. The maximum Gasteiger partial charge on any atom is 0.220 e. The fraction of sp³-hybridized carbons (Fsp3) is 0.412. The van der Waals surface area contributed by atoms with Gasteiger partial charge in [-0.1, -0.05) is 41.4 Å². The Kier molecular flexibility index (Phi) is 4.28. The quantitative estimate of drug-likeness (QED) is 0.869. The largest absolute Gasteiger partial charge is 0.350 e. The number of allylic oxidation sites excluding steroid dienone is 1. The molecule has 3 rings (SSSR count). The number of halogens is 2. The Morgan fingerprint density at radius 1 is 1.36 bits per heavy atom. The number of rotatable bonds is 2. The summed E-state index contributed by atoms with van der Waals surface area (Å²) in [7, 11) is 0. The van der Waals surface area contributed by atoms with Gasteiger partial charge in [0.2, 0.25) is 5.91 Å². The summed E-state index contributed by atoms with van der Waals surface area (Å²) in [5.74, 6) is 0.282. The van der Waals surface area contributed by atoms with E-state index in [2.05, 4.69) is 23.3 Å². The lowest BCUT2D eigenvalue weighted by Gasteiger charge is -2.43. The summed E-state index contributed by atoms with van der Waals surface area (Å²) < 4.78 is 0. The molecule has 0 aromatic heterocycles. The van der Waals surface area contributed by atoms with Gasteiger partial charge in [0.25, 0.3) is 0 Å². The number of carbonyl (C=O) groups excluding carboxylic acids is 1. The second kappa shape index (κ2) is 6.05. The first-order chi connectivity index (χ1) is 10.5. The molecule has 0 spiro atoms. The first-order valence-electron chi connectivity index (χ1n) is 7.44. The summed E-state index contributed by atoms with van der Waals surface area (Å²) in [5, 5.41) is 4.51. The van der Waals surface area contributed by atoms with Gasteiger partial charge in [-0.3, -0.25) is 9.79 Å². The van der Waals surface area contributed by atoms with Crippen LogP contribution in [0, 0.1) is 0 Å². The molecule has 22 heavy (non-hydrogen) atoms. The molecule has 2 heterocycles. The van der Waals surface area contributed by atoms with E-state index in [1.165, 1.54) is 0 Å². The van der Waals surface area contributed by atoms with Crippen molar-refractivity contribution in [3.63, 3.8) is 0 Å². The normalized spacial score (nSPS) is 31.6. The SMILES string of the molecule is CC1([C@H]2NC(=O)CC[C@@H]2c2cccc(Cl)c2)CC=C(Cl)C=N1. The van der Waals surface area contributed by atoms with Crippen molar-refractivity contribution >= 4 is 35.3 Å². The third-order valence-electron chi connectivity index (χ3n) is 4.54. The maximum absolute atomic E-state index is 11.9. The average molecular weight is 337 g/mol. The first-order valence-corrected chi connectivity index (χ1v) is 8.19. The van der Waals surface area contributed by atoms with Crippen molar-refractivity contribution in [2.75, 3.05) is 0 Å². The zero-order valence-corrected chi connectivity index (χ0v) is 13.9. The molecule has 2 aliphatic rings. The van der Waals surface area contributed by atoms with Crippen LogP contribution in [0.5, 0.6) is 0 Å². The van der Waals surface area contributed by atoms with Gasteiger partial charge < -0.3 is 5.32 Å². The molecular formula is C17H18Cl2N2O. The van der Waals surface area contributed by atoms with Crippen molar-refractivity contribution in [1.82, 2.24) is 5.32 Å². The molecule has 2 aliphatic heterocycles. The van der Waals surface area contributed by atoms with Crippen LogP contribution in [0.3, 0.4) is 0 Å². The number of nitrogens with zero attached hydrogens (tertiary/aromatic N) is 1. The minimum Gasteiger partial charge on any atom is -0.350 e. The van der Waals surface area contributed by atoms with Gasteiger partial charge in [-0.15, -0.1) is 0 Å². The monoisotopic (exact) mass is 336 g/mol. The lowest BCUT2D eigenvalue weighted by molar-refractivity contribution is -0.124. The van der Waals surface area contributed by atoms with Crippen LogP contribution >= 0.6 is 23.2 Å². The minimum absolute atomic E-state index is 0.0653. The van der Waals surface area contributed by atoms with E-state index in [9.17, 15) is 4.79 Å². The van der Waals surface area contributed by atoms with Crippen molar-refractivity contribution in [2.45, 2.75) is 43.7 Å². The molecule has 1 saturated heterocycles. The van der Waals surface area contributed by atoms with Gasteiger partial charge in [0.1, 0.15) is 0 Å². The smallest absolute Gasteiger partial charge is 0.220 e. The van der Waals surface area contributed by atoms with E-state index in [1.807, 2.05) is 24.3 Å². The highest BCUT2D eigenvalue weighted by molar-refractivity contribution is 6.39. The minimum atomic E-state index is -0.387. The van der Waals surface area contributed by atoms with Crippen molar-refractivity contribution in [3.05, 3.63) is 46.0 Å². The van der Waals surface area contributed by atoms with E-state index in [0.29, 0.717) is 22.9 Å². The zero-order valence-electron chi connectivity index (χ0n) is 12.4. The van der Waals surface area contributed by atoms with Gasteiger partial charge in [0.15, 0.2) is 0 Å². The van der Waals surface area contributed by atoms with E-state index in [4.69, 9.17) is 23.2 Å². The van der Waals surface area contributed by atoms with E-state index in [-0.39, 0.29) is 23.4 Å². The van der Waals surface area contributed by atoms with Crippen LogP contribution < -0.4 is 5.32 Å². The van der Waals surface area contributed by atoms with Crippen LogP contribution in [0.1, 0.15) is 37.7 Å². The van der Waals surface area contributed by atoms with Crippen LogP contribution in [0.25, 0.3) is 0 Å². The predicted molar refractivity (Wildman–Crippen MR) is 90.8 cm³/mol. The fourth-order valence-electron chi connectivity index (χ4n) is 3.31. The first kappa shape index (κ1) is 15.6. The average Bonchev–Trinajstić information content (AvgIpc) is 2.50. The van der Waals surface area contributed by atoms with Gasteiger partial charge in [-0.05, 0) is 37.5 Å². The number of benzene rings is 1. The zero-order chi connectivity index (χ0) is 15.7. The van der Waals surface area contributed by atoms with Gasteiger partial charge >= 0.3 is 0 Å². The standard InChI is InChI=1S/C17H18Cl2N2O/c1-17(8-7-13(19)10-20-17)16-14(5-6-15(22)21-16)11-3-2-4-12(18)9-11/h2-4,7,9-10,14,16H,5-6,8H2,1H3,(H,21,22)/t14-,16+,17?/m1/s1. The maximum atomic E-state index is 11.9. The van der Waals surface area contributed by atoms with Crippen LogP contribution in [-0.2, 0) is 4.79 Å². The summed E-state index contributed by atoms with van der Waals surface area (Å²) >= 11 is 12.1. The molecule has 1 amide bonds. The molecule has 0 aliphatic carbocycles. The summed E-state index contributed by atoms with van der Waals surface area (Å²) in [6, 6.07) is 7.80. The molecule has 3 nitrogen and oxygen atoms in total. The number of dihydropyridines is 1. The number of piperidine rings is 1. The van der Waals surface area contributed by atoms with Crippen LogP contribution in [0.4, 0.5) is 0 Å². The Hall–Kier alpha value is -1.32. The van der Waals surface area contributed by atoms with Gasteiger partial charge in [0.05, 0.1) is 16.6 Å². The molecule has 3 atom stereocenters. The number of hydrogen-bond acceptors (Lipinski definition) is 2. The third kappa shape index (κ3) is 3.06. The summed E-state index contributed by atoms with van der Waals surface area (Å²) in [6.07, 6.45) is 5.69. The highest BCUT2D eigenvalue weighted by atomic mass is 35.5. The molecule has 1 fully saturated rings. The van der Waals surface area contributed by atoms with Gasteiger partial charge in [0, 0.05) is 23.6 Å². The summed E-state index contributed by atoms with van der Waals surface area (Å²) in [6.45, 7) is 2.07. The van der Waals surface area contributed by atoms with Crippen molar-refractivity contribution < 1.29 is 4.79 Å². The molecule has 1 aromatic rings. The number of carbonyl (C=O) groups is 1. The van der Waals surface area contributed by atoms with Crippen LogP contribution in [0.2, 0.25) is 5.02 Å². The Labute approximate surface area is 140 Å². The molecule has 0 radical (unpaired) electrons. The van der Waals surface area contributed by atoms with E-state index in [0.717, 1.165) is 12.0 Å². The Balaban J connectivity index is 1.94. The van der Waals surface area contributed by atoms with Gasteiger partial charge in [-0.2, -0.15) is 0 Å². The number of hydrogen-bond donors (Lipinski definition) is 1. The van der Waals surface area contributed by atoms with Crippen LogP contribution in [-0.4, -0.2) is 23.7 Å². The molecule has 5 heteroatoms. The number of amides is 1. The summed E-state index contributed by atoms with van der Waals surface area (Å²) in [4.78, 5) is 16.6. The van der Waals surface area contributed by atoms with E-state index in [1.54, 1.807) is 6.21 Å². The highest BCUT2D eigenvalue weighted by Gasteiger charge is 2.43. The van der Waals surface area contributed by atoms with Crippen LogP contribution in [0.15, 0.2) is 40.4 Å². The lowest BCUT2D eigenvalue weighted by atomic mass is 9.73. The Morgan fingerprint density at radius 2 is 2.18 bits per heavy atom. The third-order valence-corrected chi connectivity index (χ3v) is 5.03. The van der Waals surface area contributed by atoms with Crippen molar-refractivity contribution in [1.29, 1.82) is 0 Å². The lowest BCUT2D eigenvalue weighted by Crippen LogP contribution is -2.56. The molecular weight excluding hydrogens is 319 g/mol. The molecule has 116 valence electrons. The molecule has 0 saturated carbocycles. The molecule has 1 aromatic carbocycles. The topological polar surface area (TPSA) is 41.5 Å². The number of aliphatic imine (C=N–C) groups is 1. The van der Waals surface area contributed by atoms with Crippen molar-refractivity contribution in [2.24, 2.45) is 4.99 Å². The van der Waals surface area contributed by atoms with Gasteiger partial charge in [-0.25, -0.2) is 0 Å². The van der Waals surface area contributed by atoms with E-state index >= 15 is 0 Å². The Bertz CT molecular complexity index is 656. The second-order valence-corrected chi connectivity index (χ2v) is 7.03. The fourth-order valence-corrected chi connectivity index (χ4v) is 3.64. The predicted octanol–water partition coefficient (Wildman–Crippen LogP) is 4.06. The second-order valence-electron chi connectivity index (χ2n) is 6.15. The summed E-state index contributed by atoms with van der Waals surface area (Å²) in [5.41, 5.74) is 0.760.